The van der Waals surface area contributed by atoms with Gasteiger partial charge in [-0.3, -0.25) is 10.1 Å². The van der Waals surface area contributed by atoms with Gasteiger partial charge < -0.3 is 15.3 Å². The summed E-state index contributed by atoms with van der Waals surface area (Å²) in [4.78, 5) is 9.54. The lowest BCUT2D eigenvalue weighted by Crippen LogP contribution is -2.23. The van der Waals surface area contributed by atoms with Crippen LogP contribution in [0.25, 0.3) is 0 Å². The molecule has 1 aromatic carbocycles. The summed E-state index contributed by atoms with van der Waals surface area (Å²) < 4.78 is 25.7. The number of nitro benzene ring substituents is 1. The third kappa shape index (κ3) is 2.73. The molecule has 1 aromatic rings. The van der Waals surface area contributed by atoms with E-state index < -0.39 is 46.6 Å². The molecule has 0 saturated heterocycles. The van der Waals surface area contributed by atoms with Crippen molar-refractivity contribution in [3.63, 3.8) is 0 Å². The summed E-state index contributed by atoms with van der Waals surface area (Å²) in [6, 6.07) is 0.717. The van der Waals surface area contributed by atoms with Crippen molar-refractivity contribution >= 4 is 5.69 Å². The van der Waals surface area contributed by atoms with Gasteiger partial charge in [0, 0.05) is 0 Å². The normalized spacial score (nSPS) is 14.4. The number of nitro groups is 1. The molecule has 0 aliphatic rings. The Kier molecular flexibility index (Phi) is 4.05. The quantitative estimate of drug-likeness (QED) is 0.524. The van der Waals surface area contributed by atoms with Crippen molar-refractivity contribution in [1.82, 2.24) is 0 Å². The van der Waals surface area contributed by atoms with Gasteiger partial charge in [0.2, 0.25) is 0 Å². The van der Waals surface area contributed by atoms with Crippen molar-refractivity contribution in [3.05, 3.63) is 39.4 Å². The highest BCUT2D eigenvalue weighted by Crippen LogP contribution is 2.29. The maximum Gasteiger partial charge on any atom is 0.278 e. The summed E-state index contributed by atoms with van der Waals surface area (Å²) in [5.74, 6) is -2.83. The SMILES string of the molecule is O=[N+]([O-])c1cc(F)c(F)cc1C(O)C(O)CO. The van der Waals surface area contributed by atoms with Crippen molar-refractivity contribution < 1.29 is 29.0 Å². The molecule has 0 aliphatic carbocycles. The van der Waals surface area contributed by atoms with Gasteiger partial charge in [0.05, 0.1) is 23.2 Å². The molecule has 0 heterocycles. The maximum atomic E-state index is 12.9. The van der Waals surface area contributed by atoms with E-state index in [9.17, 15) is 24.0 Å². The second-order valence-corrected chi connectivity index (χ2v) is 3.28. The molecule has 0 radical (unpaired) electrons. The fourth-order valence-corrected chi connectivity index (χ4v) is 1.25. The van der Waals surface area contributed by atoms with E-state index in [0.717, 1.165) is 0 Å². The molecule has 0 aromatic heterocycles. The van der Waals surface area contributed by atoms with Crippen molar-refractivity contribution in [1.29, 1.82) is 0 Å². The number of benzene rings is 1. The molecule has 94 valence electrons. The standard InChI is InChI=1S/C9H9F2NO5/c10-5-1-4(9(15)8(14)3-13)7(12(16)17)2-6(5)11/h1-2,8-9,13-15H,3H2. The van der Waals surface area contributed by atoms with Gasteiger partial charge in [-0.15, -0.1) is 0 Å². The van der Waals surface area contributed by atoms with E-state index in [1.165, 1.54) is 0 Å². The Labute approximate surface area is 93.9 Å². The molecule has 2 atom stereocenters. The minimum atomic E-state index is -1.88. The number of nitrogens with zero attached hydrogens (tertiary/aromatic N) is 1. The van der Waals surface area contributed by atoms with Crippen LogP contribution in [-0.2, 0) is 0 Å². The van der Waals surface area contributed by atoms with Crippen LogP contribution in [0.15, 0.2) is 12.1 Å². The number of hydrogen-bond acceptors (Lipinski definition) is 5. The predicted molar refractivity (Wildman–Crippen MR) is 51.1 cm³/mol. The number of hydrogen-bond donors (Lipinski definition) is 3. The summed E-state index contributed by atoms with van der Waals surface area (Å²) in [5.41, 5.74) is -1.47. The van der Waals surface area contributed by atoms with E-state index in [2.05, 4.69) is 0 Å². The van der Waals surface area contributed by atoms with E-state index >= 15 is 0 Å². The fourth-order valence-electron chi connectivity index (χ4n) is 1.25. The first kappa shape index (κ1) is 13.4. The molecule has 0 spiro atoms. The number of aliphatic hydroxyl groups excluding tert-OH is 3. The molecular weight excluding hydrogens is 240 g/mol. The van der Waals surface area contributed by atoms with Crippen LogP contribution in [0.4, 0.5) is 14.5 Å². The number of halogens is 2. The maximum absolute atomic E-state index is 12.9. The van der Waals surface area contributed by atoms with Gasteiger partial charge in [-0.05, 0) is 6.07 Å². The zero-order valence-electron chi connectivity index (χ0n) is 8.38. The van der Waals surface area contributed by atoms with Gasteiger partial charge >= 0.3 is 0 Å². The van der Waals surface area contributed by atoms with Crippen LogP contribution < -0.4 is 0 Å². The summed E-state index contributed by atoms with van der Waals surface area (Å²) >= 11 is 0. The lowest BCUT2D eigenvalue weighted by molar-refractivity contribution is -0.386. The van der Waals surface area contributed by atoms with Crippen LogP contribution in [-0.4, -0.2) is 33.0 Å². The molecule has 17 heavy (non-hydrogen) atoms. The Morgan fingerprint density at radius 3 is 2.29 bits per heavy atom. The van der Waals surface area contributed by atoms with Gasteiger partial charge in [0.15, 0.2) is 11.6 Å². The molecule has 0 amide bonds. The first-order valence-corrected chi connectivity index (χ1v) is 4.48. The van der Waals surface area contributed by atoms with Crippen molar-refractivity contribution in [3.8, 4) is 0 Å². The van der Waals surface area contributed by atoms with Gasteiger partial charge in [0.1, 0.15) is 12.2 Å². The van der Waals surface area contributed by atoms with Crippen LogP contribution in [0.3, 0.4) is 0 Å². The highest BCUT2D eigenvalue weighted by Gasteiger charge is 2.28. The highest BCUT2D eigenvalue weighted by molar-refractivity contribution is 5.43. The first-order valence-electron chi connectivity index (χ1n) is 4.48. The Morgan fingerprint density at radius 1 is 1.29 bits per heavy atom. The average molecular weight is 249 g/mol. The van der Waals surface area contributed by atoms with Gasteiger partial charge in [-0.1, -0.05) is 0 Å². The van der Waals surface area contributed by atoms with E-state index in [1.807, 2.05) is 0 Å². The molecule has 3 N–H and O–H groups in total. The fraction of sp³-hybridized carbons (Fsp3) is 0.333. The van der Waals surface area contributed by atoms with E-state index in [-0.39, 0.29) is 0 Å². The van der Waals surface area contributed by atoms with Crippen LogP contribution in [0.1, 0.15) is 11.7 Å². The minimum absolute atomic E-state index is 0.304. The second kappa shape index (κ2) is 5.13. The predicted octanol–water partition coefficient (Wildman–Crippen LogP) is 0.260. The molecule has 8 heteroatoms. The van der Waals surface area contributed by atoms with Crippen LogP contribution in [0, 0.1) is 21.7 Å². The topological polar surface area (TPSA) is 104 Å². The minimum Gasteiger partial charge on any atom is -0.394 e. The molecule has 6 nitrogen and oxygen atoms in total. The van der Waals surface area contributed by atoms with Crippen molar-refractivity contribution in [2.45, 2.75) is 12.2 Å². The number of aliphatic hydroxyl groups is 3. The monoisotopic (exact) mass is 249 g/mol. The van der Waals surface area contributed by atoms with E-state index in [1.54, 1.807) is 0 Å². The first-order chi connectivity index (χ1) is 7.88. The molecular formula is C9H9F2NO5. The van der Waals surface area contributed by atoms with Crippen molar-refractivity contribution in [2.75, 3.05) is 6.61 Å². The molecule has 0 saturated carbocycles. The van der Waals surface area contributed by atoms with Gasteiger partial charge in [-0.25, -0.2) is 8.78 Å². The lowest BCUT2D eigenvalue weighted by Gasteiger charge is -2.15. The van der Waals surface area contributed by atoms with Crippen LogP contribution >= 0.6 is 0 Å². The smallest absolute Gasteiger partial charge is 0.278 e. The zero-order chi connectivity index (χ0) is 13.2. The summed E-state index contributed by atoms with van der Waals surface area (Å²) in [6.07, 6.45) is -3.60. The summed E-state index contributed by atoms with van der Waals surface area (Å²) in [6.45, 7) is -0.878. The Morgan fingerprint density at radius 2 is 1.82 bits per heavy atom. The Balaban J connectivity index is 3.30. The molecule has 2 unspecified atom stereocenters. The van der Waals surface area contributed by atoms with Crippen molar-refractivity contribution in [2.24, 2.45) is 0 Å². The Bertz CT molecular complexity index is 440. The third-order valence-corrected chi connectivity index (χ3v) is 2.14. The molecule has 0 fully saturated rings. The largest absolute Gasteiger partial charge is 0.394 e. The Hall–Kier alpha value is -1.64. The molecule has 1 rings (SSSR count). The van der Waals surface area contributed by atoms with Crippen LogP contribution in [0.2, 0.25) is 0 Å². The summed E-state index contributed by atoms with van der Waals surface area (Å²) in [5, 5.41) is 37.7. The second-order valence-electron chi connectivity index (χ2n) is 3.28. The lowest BCUT2D eigenvalue weighted by atomic mass is 10.0. The highest BCUT2D eigenvalue weighted by atomic mass is 19.2. The molecule has 0 aliphatic heterocycles. The summed E-state index contributed by atoms with van der Waals surface area (Å²) in [7, 11) is 0. The zero-order valence-corrected chi connectivity index (χ0v) is 8.38. The third-order valence-electron chi connectivity index (χ3n) is 2.14. The van der Waals surface area contributed by atoms with Gasteiger partial charge in [0.25, 0.3) is 5.69 Å². The van der Waals surface area contributed by atoms with E-state index in [4.69, 9.17) is 10.2 Å². The number of rotatable bonds is 4. The van der Waals surface area contributed by atoms with Crippen LogP contribution in [0.5, 0.6) is 0 Å². The average Bonchev–Trinajstić information content (AvgIpc) is 2.29. The molecule has 0 bridgehead atoms. The van der Waals surface area contributed by atoms with E-state index in [0.29, 0.717) is 12.1 Å². The van der Waals surface area contributed by atoms with Gasteiger partial charge in [-0.2, -0.15) is 0 Å².